The van der Waals surface area contributed by atoms with Crippen LogP contribution in [0.3, 0.4) is 0 Å². The number of benzene rings is 1. The van der Waals surface area contributed by atoms with Crippen molar-refractivity contribution < 1.29 is 9.13 Å². The maximum absolute atomic E-state index is 13.6. The molecule has 1 saturated heterocycles. The summed E-state index contributed by atoms with van der Waals surface area (Å²) in [4.78, 5) is 2.20. The normalized spacial score (nSPS) is 16.5. The number of nitrogens with zero attached hydrogens (tertiary/aromatic N) is 1. The molecule has 84 valence electrons. The first-order chi connectivity index (χ1) is 7.72. The minimum absolute atomic E-state index is 0.181. The molecular weight excluding hydrogens is 204 g/mol. The van der Waals surface area contributed by atoms with E-state index in [4.69, 9.17) is 12.6 Å². The second-order valence-electron chi connectivity index (χ2n) is 4.04. The first-order valence-electron chi connectivity index (χ1n) is 5.54. The molecule has 1 aromatic rings. The van der Waals surface area contributed by atoms with Crippen molar-refractivity contribution in [2.45, 2.75) is 13.2 Å². The Morgan fingerprint density at radius 1 is 1.38 bits per heavy atom. The maximum atomic E-state index is 13.6. The Hall–Kier alpha value is -1.03. The van der Waals surface area contributed by atoms with Gasteiger partial charge in [0.25, 0.3) is 0 Å². The van der Waals surface area contributed by atoms with Crippen LogP contribution < -0.4 is 4.90 Å². The van der Waals surface area contributed by atoms with E-state index in [1.807, 2.05) is 12.1 Å². The molecule has 1 heterocycles. The summed E-state index contributed by atoms with van der Waals surface area (Å²) in [6.07, 6.45) is 0.241. The van der Waals surface area contributed by atoms with Gasteiger partial charge in [-0.1, -0.05) is 6.32 Å². The summed E-state index contributed by atoms with van der Waals surface area (Å²) in [5, 5.41) is 0. The van der Waals surface area contributed by atoms with E-state index in [0.717, 1.165) is 32.0 Å². The van der Waals surface area contributed by atoms with E-state index in [-0.39, 0.29) is 12.1 Å². The van der Waals surface area contributed by atoms with Crippen LogP contribution in [0, 0.1) is 12.7 Å². The summed E-state index contributed by atoms with van der Waals surface area (Å²) in [5.74, 6) is -0.181. The fourth-order valence-corrected chi connectivity index (χ4v) is 1.97. The highest BCUT2D eigenvalue weighted by atomic mass is 19.1. The van der Waals surface area contributed by atoms with Crippen LogP contribution in [-0.4, -0.2) is 34.1 Å². The van der Waals surface area contributed by atoms with Gasteiger partial charge in [0, 0.05) is 18.8 Å². The van der Waals surface area contributed by atoms with Crippen LogP contribution in [-0.2, 0) is 11.1 Å². The van der Waals surface area contributed by atoms with Crippen molar-refractivity contribution in [3.8, 4) is 0 Å². The molecule has 4 heteroatoms. The topological polar surface area (TPSA) is 12.5 Å². The van der Waals surface area contributed by atoms with E-state index >= 15 is 0 Å². The summed E-state index contributed by atoms with van der Waals surface area (Å²) in [7, 11) is 5.53. The van der Waals surface area contributed by atoms with Crippen LogP contribution in [0.2, 0.25) is 0 Å². The molecule has 1 aromatic carbocycles. The van der Waals surface area contributed by atoms with Gasteiger partial charge in [-0.2, -0.15) is 0 Å². The van der Waals surface area contributed by atoms with Gasteiger partial charge in [-0.3, -0.25) is 0 Å². The van der Waals surface area contributed by atoms with E-state index in [2.05, 4.69) is 4.90 Å². The highest BCUT2D eigenvalue weighted by Gasteiger charge is 2.14. The Morgan fingerprint density at radius 2 is 2.06 bits per heavy atom. The molecule has 1 aliphatic heterocycles. The van der Waals surface area contributed by atoms with Crippen LogP contribution >= 0.6 is 0 Å². The summed E-state index contributed by atoms with van der Waals surface area (Å²) in [5.41, 5.74) is 2.29. The first-order valence-corrected chi connectivity index (χ1v) is 5.54. The van der Waals surface area contributed by atoms with E-state index in [9.17, 15) is 4.39 Å². The van der Waals surface area contributed by atoms with Gasteiger partial charge in [0.15, 0.2) is 0 Å². The van der Waals surface area contributed by atoms with Crippen molar-refractivity contribution in [2.75, 3.05) is 31.2 Å². The molecule has 1 aliphatic rings. The molecule has 0 aromatic heterocycles. The van der Waals surface area contributed by atoms with Crippen molar-refractivity contribution in [3.05, 3.63) is 29.1 Å². The average molecular weight is 219 g/mol. The summed E-state index contributed by atoms with van der Waals surface area (Å²) >= 11 is 0. The van der Waals surface area contributed by atoms with E-state index in [1.54, 1.807) is 6.92 Å². The van der Waals surface area contributed by atoms with Gasteiger partial charge in [-0.15, -0.1) is 0 Å². The zero-order valence-corrected chi connectivity index (χ0v) is 9.50. The van der Waals surface area contributed by atoms with Crippen molar-refractivity contribution in [3.63, 3.8) is 0 Å². The fourth-order valence-electron chi connectivity index (χ4n) is 1.97. The van der Waals surface area contributed by atoms with Crippen LogP contribution in [0.4, 0.5) is 10.1 Å². The number of anilines is 1. The standard InChI is InChI=1S/C12H15BFNO/c1-9-6-11(7-10(8-13)12(9)14)15-2-4-16-5-3-15/h6-7H,2-5,8H2,1H3. The Labute approximate surface area is 96.8 Å². The Morgan fingerprint density at radius 3 is 2.69 bits per heavy atom. The van der Waals surface area contributed by atoms with Crippen molar-refractivity contribution in [1.82, 2.24) is 0 Å². The average Bonchev–Trinajstić information content (AvgIpc) is 2.33. The smallest absolute Gasteiger partial charge is 0.128 e. The molecule has 0 saturated carbocycles. The van der Waals surface area contributed by atoms with E-state index < -0.39 is 0 Å². The maximum Gasteiger partial charge on any atom is 0.128 e. The van der Waals surface area contributed by atoms with E-state index in [1.165, 1.54) is 0 Å². The summed E-state index contributed by atoms with van der Waals surface area (Å²) in [6.45, 7) is 4.95. The zero-order valence-electron chi connectivity index (χ0n) is 9.50. The third-order valence-corrected chi connectivity index (χ3v) is 2.91. The molecule has 2 rings (SSSR count). The monoisotopic (exact) mass is 219 g/mol. The number of ether oxygens (including phenoxy) is 1. The quantitative estimate of drug-likeness (QED) is 0.701. The van der Waals surface area contributed by atoms with Crippen LogP contribution in [0.5, 0.6) is 0 Å². The lowest BCUT2D eigenvalue weighted by Crippen LogP contribution is -2.36. The number of hydrogen-bond acceptors (Lipinski definition) is 2. The Kier molecular flexibility index (Phi) is 3.49. The Bertz CT molecular complexity index is 378. The predicted molar refractivity (Wildman–Crippen MR) is 63.6 cm³/mol. The van der Waals surface area contributed by atoms with Crippen LogP contribution in [0.15, 0.2) is 12.1 Å². The lowest BCUT2D eigenvalue weighted by Gasteiger charge is -2.29. The number of morpholine rings is 1. The van der Waals surface area contributed by atoms with Crippen molar-refractivity contribution in [2.24, 2.45) is 0 Å². The summed E-state index contributed by atoms with van der Waals surface area (Å²) < 4.78 is 18.9. The van der Waals surface area contributed by atoms with Gasteiger partial charge in [0.05, 0.1) is 21.1 Å². The fraction of sp³-hybridized carbons (Fsp3) is 0.500. The number of aryl methyl sites for hydroxylation is 1. The predicted octanol–water partition coefficient (Wildman–Crippen LogP) is 1.64. The molecule has 2 nitrogen and oxygen atoms in total. The Balaban J connectivity index is 2.29. The third kappa shape index (κ3) is 2.22. The van der Waals surface area contributed by atoms with Crippen molar-refractivity contribution >= 4 is 13.5 Å². The second kappa shape index (κ2) is 4.87. The number of rotatable bonds is 2. The van der Waals surface area contributed by atoms with Crippen molar-refractivity contribution in [1.29, 1.82) is 0 Å². The van der Waals surface area contributed by atoms with Gasteiger partial charge in [-0.25, -0.2) is 4.39 Å². The molecule has 0 unspecified atom stereocenters. The summed E-state index contributed by atoms with van der Waals surface area (Å²) in [6, 6.07) is 3.72. The van der Waals surface area contributed by atoms with Gasteiger partial charge < -0.3 is 9.64 Å². The second-order valence-corrected chi connectivity index (χ2v) is 4.04. The molecule has 1 fully saturated rings. The van der Waals surface area contributed by atoms with Gasteiger partial charge in [0.1, 0.15) is 5.82 Å². The largest absolute Gasteiger partial charge is 0.378 e. The molecule has 16 heavy (non-hydrogen) atoms. The number of halogens is 1. The molecule has 0 bridgehead atoms. The molecule has 0 atom stereocenters. The van der Waals surface area contributed by atoms with Crippen LogP contribution in [0.25, 0.3) is 0 Å². The molecule has 2 radical (unpaired) electrons. The number of hydrogen-bond donors (Lipinski definition) is 0. The van der Waals surface area contributed by atoms with E-state index in [0.29, 0.717) is 11.1 Å². The molecular formula is C12H15BFNO. The molecule has 0 aliphatic carbocycles. The van der Waals surface area contributed by atoms with Gasteiger partial charge in [-0.05, 0) is 30.2 Å². The zero-order chi connectivity index (χ0) is 11.5. The molecule has 0 N–H and O–H groups in total. The highest BCUT2D eigenvalue weighted by Crippen LogP contribution is 2.23. The minimum atomic E-state index is -0.181. The third-order valence-electron chi connectivity index (χ3n) is 2.91. The van der Waals surface area contributed by atoms with Gasteiger partial charge in [0.2, 0.25) is 0 Å². The van der Waals surface area contributed by atoms with Gasteiger partial charge >= 0.3 is 0 Å². The minimum Gasteiger partial charge on any atom is -0.378 e. The van der Waals surface area contributed by atoms with Crippen LogP contribution in [0.1, 0.15) is 11.1 Å². The lowest BCUT2D eigenvalue weighted by atomic mass is 9.94. The molecule has 0 spiro atoms. The highest BCUT2D eigenvalue weighted by molar-refractivity contribution is 6.08. The lowest BCUT2D eigenvalue weighted by molar-refractivity contribution is 0.122. The molecule has 0 amide bonds. The SMILES string of the molecule is [B]Cc1cc(N2CCOCC2)cc(C)c1F. The first kappa shape index (κ1) is 11.5.